The Morgan fingerprint density at radius 3 is 2.03 bits per heavy atom. The van der Waals surface area contributed by atoms with Crippen LogP contribution in [0.1, 0.15) is 136 Å². The zero-order chi connectivity index (χ0) is 23.2. The van der Waals surface area contributed by atoms with E-state index in [1.807, 2.05) is 6.92 Å². The van der Waals surface area contributed by atoms with E-state index in [-0.39, 0.29) is 6.42 Å². The number of hydrogen-bond donors (Lipinski definition) is 0. The van der Waals surface area contributed by atoms with Gasteiger partial charge in [-0.1, -0.05) is 115 Å². The van der Waals surface area contributed by atoms with Gasteiger partial charge >= 0.3 is 0 Å². The Balaban J connectivity index is 3.80. The molecule has 1 unspecified atom stereocenters. The summed E-state index contributed by atoms with van der Waals surface area (Å²) in [7, 11) is 0. The predicted octanol–water partition coefficient (Wildman–Crippen LogP) is 11.0. The molecule has 0 spiro atoms. The molecule has 0 amide bonds. The highest BCUT2D eigenvalue weighted by Crippen LogP contribution is 2.25. The van der Waals surface area contributed by atoms with Crippen molar-refractivity contribution in [1.29, 1.82) is 0 Å². The van der Waals surface area contributed by atoms with Crippen molar-refractivity contribution in [3.05, 3.63) is 37.0 Å². The van der Waals surface area contributed by atoms with Gasteiger partial charge in [0.2, 0.25) is 0 Å². The summed E-state index contributed by atoms with van der Waals surface area (Å²) in [4.78, 5) is 0. The lowest BCUT2D eigenvalue weighted by atomic mass is 9.91. The molecule has 182 valence electrons. The molecular weight excluding hydrogens is 386 g/mol. The van der Waals surface area contributed by atoms with Crippen molar-refractivity contribution in [2.45, 2.75) is 142 Å². The number of halogens is 2. The van der Waals surface area contributed by atoms with Gasteiger partial charge in [0.1, 0.15) is 0 Å². The molecule has 0 N–H and O–H groups in total. The fourth-order valence-electron chi connectivity index (χ4n) is 4.18. The lowest BCUT2D eigenvalue weighted by Gasteiger charge is -2.15. The largest absolute Gasteiger partial charge is 0.266 e. The van der Waals surface area contributed by atoms with E-state index in [0.717, 1.165) is 44.1 Å². The van der Waals surface area contributed by atoms with Gasteiger partial charge in [0.25, 0.3) is 5.92 Å². The average Bonchev–Trinajstić information content (AvgIpc) is 2.73. The van der Waals surface area contributed by atoms with Crippen LogP contribution in [0.25, 0.3) is 0 Å². The van der Waals surface area contributed by atoms with Crippen LogP contribution in [0.15, 0.2) is 37.0 Å². The Labute approximate surface area is 193 Å². The van der Waals surface area contributed by atoms with Gasteiger partial charge in [0.05, 0.1) is 0 Å². The normalized spacial score (nSPS) is 13.0. The maximum Gasteiger partial charge on any atom is 0.266 e. The molecule has 0 heterocycles. The Morgan fingerprint density at radius 1 is 0.806 bits per heavy atom. The summed E-state index contributed by atoms with van der Waals surface area (Å²) in [6, 6.07) is 0. The van der Waals surface area contributed by atoms with Crippen molar-refractivity contribution in [2.75, 3.05) is 0 Å². The molecule has 0 rings (SSSR count). The molecule has 0 aliphatic carbocycles. The molecule has 0 bridgehead atoms. The van der Waals surface area contributed by atoms with E-state index < -0.39 is 5.92 Å². The number of allylic oxidation sites excluding steroid dienone is 4. The third-order valence-electron chi connectivity index (χ3n) is 6.25. The smallest absolute Gasteiger partial charge is 0.202 e. The highest BCUT2D eigenvalue weighted by Gasteiger charge is 2.23. The molecule has 0 saturated carbocycles. The van der Waals surface area contributed by atoms with Crippen molar-refractivity contribution in [3.8, 4) is 0 Å². The van der Waals surface area contributed by atoms with Crippen LogP contribution in [-0.2, 0) is 0 Å². The monoisotopic (exact) mass is 438 g/mol. The van der Waals surface area contributed by atoms with Gasteiger partial charge in [-0.3, -0.25) is 0 Å². The van der Waals surface area contributed by atoms with Crippen molar-refractivity contribution < 1.29 is 8.78 Å². The van der Waals surface area contributed by atoms with Crippen molar-refractivity contribution in [3.63, 3.8) is 0 Å². The highest BCUT2D eigenvalue weighted by atomic mass is 19.3. The number of rotatable bonds is 23. The maximum absolute atomic E-state index is 13.7. The first kappa shape index (κ1) is 30.1. The minimum atomic E-state index is -2.64. The quantitative estimate of drug-likeness (QED) is 0.110. The molecule has 0 aliphatic heterocycles. The summed E-state index contributed by atoms with van der Waals surface area (Å²) >= 11 is 0. The molecule has 2 heteroatoms. The van der Waals surface area contributed by atoms with Crippen LogP contribution in [-0.4, -0.2) is 5.92 Å². The zero-order valence-corrected chi connectivity index (χ0v) is 20.9. The molecule has 0 aromatic rings. The molecule has 0 aliphatic rings. The fraction of sp³-hybridized carbons (Fsp3) is 0.793. The van der Waals surface area contributed by atoms with E-state index >= 15 is 0 Å². The molecule has 0 saturated heterocycles. The first-order chi connectivity index (χ1) is 14.9. The second-order valence-corrected chi connectivity index (χ2v) is 9.46. The van der Waals surface area contributed by atoms with Crippen LogP contribution in [0.3, 0.4) is 0 Å². The summed E-state index contributed by atoms with van der Waals surface area (Å²) in [6.45, 7) is 12.4. The Kier molecular flexibility index (Phi) is 20.3. The van der Waals surface area contributed by atoms with E-state index in [4.69, 9.17) is 0 Å². The molecule has 0 fully saturated rings. The van der Waals surface area contributed by atoms with Gasteiger partial charge in [-0.2, -0.15) is 0 Å². The molecule has 0 nitrogen and oxygen atoms in total. The van der Waals surface area contributed by atoms with Crippen molar-refractivity contribution in [2.24, 2.45) is 5.92 Å². The first-order valence-corrected chi connectivity index (χ1v) is 13.3. The Hall–Kier alpha value is -0.920. The van der Waals surface area contributed by atoms with Gasteiger partial charge in [0.15, 0.2) is 0 Å². The third kappa shape index (κ3) is 20.7. The minimum Gasteiger partial charge on any atom is -0.202 e. The molecular formula is C29H52F2. The second-order valence-electron chi connectivity index (χ2n) is 9.46. The number of alkyl halides is 2. The van der Waals surface area contributed by atoms with Crippen LogP contribution >= 0.6 is 0 Å². The predicted molar refractivity (Wildman–Crippen MR) is 136 cm³/mol. The van der Waals surface area contributed by atoms with Crippen LogP contribution < -0.4 is 0 Å². The first-order valence-electron chi connectivity index (χ1n) is 13.3. The summed E-state index contributed by atoms with van der Waals surface area (Å²) in [5, 5.41) is 0. The van der Waals surface area contributed by atoms with Gasteiger partial charge in [-0.05, 0) is 50.5 Å². The van der Waals surface area contributed by atoms with Gasteiger partial charge in [0, 0.05) is 6.42 Å². The third-order valence-corrected chi connectivity index (χ3v) is 6.25. The molecule has 1 atom stereocenters. The summed E-state index contributed by atoms with van der Waals surface area (Å²) in [5.74, 6) is -1.84. The van der Waals surface area contributed by atoms with E-state index in [1.165, 1.54) is 76.2 Å². The zero-order valence-electron chi connectivity index (χ0n) is 20.9. The van der Waals surface area contributed by atoms with Crippen LogP contribution in [0.4, 0.5) is 8.78 Å². The van der Waals surface area contributed by atoms with Crippen molar-refractivity contribution in [1.82, 2.24) is 0 Å². The Morgan fingerprint density at radius 2 is 1.39 bits per heavy atom. The molecule has 0 aromatic carbocycles. The molecule has 0 radical (unpaired) electrons. The van der Waals surface area contributed by atoms with Crippen LogP contribution in [0.5, 0.6) is 0 Å². The fourth-order valence-corrected chi connectivity index (χ4v) is 4.18. The number of hydrogen-bond acceptors (Lipinski definition) is 0. The van der Waals surface area contributed by atoms with E-state index in [0.29, 0.717) is 12.8 Å². The number of unbranched alkanes of at least 4 members (excludes halogenated alkanes) is 9. The van der Waals surface area contributed by atoms with E-state index in [9.17, 15) is 8.78 Å². The molecule has 0 aromatic heterocycles. The lowest BCUT2D eigenvalue weighted by molar-refractivity contribution is 0.0426. The van der Waals surface area contributed by atoms with E-state index in [2.05, 4.69) is 26.2 Å². The maximum atomic E-state index is 13.7. The van der Waals surface area contributed by atoms with Crippen LogP contribution in [0.2, 0.25) is 0 Å². The molecule has 31 heavy (non-hydrogen) atoms. The van der Waals surface area contributed by atoms with Crippen molar-refractivity contribution >= 4 is 0 Å². The van der Waals surface area contributed by atoms with Crippen LogP contribution in [0, 0.1) is 5.92 Å². The summed E-state index contributed by atoms with van der Waals surface area (Å²) in [5.41, 5.74) is 1.20. The highest BCUT2D eigenvalue weighted by molar-refractivity contribution is 5.00. The standard InChI is InChI=1S/C29H52F2/c1-5-8-10-11-12-15-23-28(20-7-3)24-16-13-14-21-27(4)22-17-19-26-29(30,31)25-18-9-6-2/h7,19,26,28H,3-6,8-18,20-25H2,1-2H3. The second kappa shape index (κ2) is 21.0. The van der Waals surface area contributed by atoms with Gasteiger partial charge in [-0.25, -0.2) is 8.78 Å². The SMILES string of the molecule is C=CCC(CCCCCCCC)CCCCCC(=C)CCC=CC(F)(F)CCCCC. The lowest BCUT2D eigenvalue weighted by Crippen LogP contribution is -2.11. The van der Waals surface area contributed by atoms with Gasteiger partial charge < -0.3 is 0 Å². The topological polar surface area (TPSA) is 0 Å². The average molecular weight is 439 g/mol. The summed E-state index contributed by atoms with van der Waals surface area (Å²) in [6.07, 6.45) is 25.6. The van der Waals surface area contributed by atoms with Gasteiger partial charge in [-0.15, -0.1) is 6.58 Å². The minimum absolute atomic E-state index is 0.0238. The van der Waals surface area contributed by atoms with E-state index in [1.54, 1.807) is 6.08 Å². The summed E-state index contributed by atoms with van der Waals surface area (Å²) < 4.78 is 27.4. The Bertz CT molecular complexity index is 450.